The summed E-state index contributed by atoms with van der Waals surface area (Å²) in [4.78, 5) is 25.9. The molecule has 4 rings (SSSR count). The average molecular weight is 485 g/mol. The Labute approximate surface area is 204 Å². The van der Waals surface area contributed by atoms with Crippen molar-refractivity contribution >= 4 is 31.1 Å². The summed E-state index contributed by atoms with van der Waals surface area (Å²) in [5, 5.41) is 3.64. The number of primary amides is 1. The van der Waals surface area contributed by atoms with Crippen molar-refractivity contribution in [3.63, 3.8) is 0 Å². The zero-order chi connectivity index (χ0) is 25.1. The molecule has 0 aliphatic heterocycles. The van der Waals surface area contributed by atoms with Crippen LogP contribution in [0.1, 0.15) is 68.6 Å². The van der Waals surface area contributed by atoms with Gasteiger partial charge in [-0.15, -0.1) is 0 Å². The molecule has 34 heavy (non-hydrogen) atoms. The number of fused-ring (bicyclic) bond motifs is 2. The van der Waals surface area contributed by atoms with Crippen LogP contribution < -0.4 is 11.1 Å². The van der Waals surface area contributed by atoms with E-state index < -0.39 is 19.8 Å². The number of carbonyl (C=O) groups is 2. The number of rotatable bonds is 8. The van der Waals surface area contributed by atoms with E-state index in [1.165, 1.54) is 24.8 Å². The van der Waals surface area contributed by atoms with E-state index in [2.05, 4.69) is 51.3 Å². The fourth-order valence-corrected chi connectivity index (χ4v) is 6.12. The molecule has 3 atom stereocenters. The van der Waals surface area contributed by atoms with Crippen LogP contribution in [0.25, 0.3) is 11.0 Å². The van der Waals surface area contributed by atoms with Gasteiger partial charge in [0.1, 0.15) is 16.9 Å². The third-order valence-electron chi connectivity index (χ3n) is 8.48. The fourth-order valence-electron chi connectivity index (χ4n) is 5.04. The molecule has 3 N–H and O–H groups in total. The van der Waals surface area contributed by atoms with E-state index in [4.69, 9.17) is 14.6 Å². The van der Waals surface area contributed by atoms with Gasteiger partial charge in [0.05, 0.1) is 12.2 Å². The number of furan rings is 1. The van der Waals surface area contributed by atoms with Crippen LogP contribution in [0.15, 0.2) is 22.6 Å². The van der Waals surface area contributed by atoms with Crippen LogP contribution in [-0.2, 0) is 15.6 Å². The van der Waals surface area contributed by atoms with E-state index in [9.17, 15) is 9.59 Å². The minimum Gasteiger partial charge on any atom is -0.461 e. The van der Waals surface area contributed by atoms with Crippen LogP contribution in [-0.4, -0.2) is 32.3 Å². The highest BCUT2D eigenvalue weighted by Gasteiger charge is 2.45. The Morgan fingerprint density at radius 2 is 1.79 bits per heavy atom. The fraction of sp³-hybridized carbons (Fsp3) is 0.630. The number of carbonyl (C=O) groups excluding carboxylic acids is 2. The number of benzene rings is 1. The van der Waals surface area contributed by atoms with Crippen LogP contribution in [0.2, 0.25) is 18.1 Å². The van der Waals surface area contributed by atoms with Crippen molar-refractivity contribution in [2.45, 2.75) is 84.0 Å². The minimum atomic E-state index is -2.14. The van der Waals surface area contributed by atoms with E-state index in [0.717, 1.165) is 29.6 Å². The van der Waals surface area contributed by atoms with Gasteiger partial charge < -0.3 is 19.9 Å². The van der Waals surface area contributed by atoms with Crippen LogP contribution in [0.5, 0.6) is 0 Å². The third-order valence-corrected chi connectivity index (χ3v) is 13.0. The first-order valence-electron chi connectivity index (χ1n) is 12.5. The molecule has 6 nitrogen and oxygen atoms in total. The molecule has 2 aliphatic carbocycles. The maximum absolute atomic E-state index is 13.5. The monoisotopic (exact) mass is 484 g/mol. The highest BCUT2D eigenvalue weighted by Crippen LogP contribution is 2.55. The quantitative estimate of drug-likeness (QED) is 0.495. The molecule has 0 spiro atoms. The lowest BCUT2D eigenvalue weighted by molar-refractivity contribution is -0.124. The molecule has 0 saturated heterocycles. The van der Waals surface area contributed by atoms with Crippen molar-refractivity contribution in [1.29, 1.82) is 0 Å². The summed E-state index contributed by atoms with van der Waals surface area (Å²) in [6, 6.07) is 6.15. The Morgan fingerprint density at radius 1 is 1.15 bits per heavy atom. The number of hydrogen-bond acceptors (Lipinski definition) is 4. The predicted molar refractivity (Wildman–Crippen MR) is 137 cm³/mol. The number of aryl methyl sites for hydroxylation is 1. The zero-order valence-corrected chi connectivity index (χ0v) is 22.7. The van der Waals surface area contributed by atoms with Crippen molar-refractivity contribution in [2.75, 3.05) is 6.61 Å². The summed E-state index contributed by atoms with van der Waals surface area (Å²) >= 11 is 0. The molecule has 0 bridgehead atoms. The molecule has 1 aromatic heterocycles. The van der Waals surface area contributed by atoms with Gasteiger partial charge >= 0.3 is 0 Å². The normalized spacial score (nSPS) is 24.0. The molecule has 2 saturated carbocycles. The van der Waals surface area contributed by atoms with Gasteiger partial charge in [-0.2, -0.15) is 0 Å². The van der Waals surface area contributed by atoms with Crippen LogP contribution in [0, 0.1) is 24.7 Å². The van der Waals surface area contributed by atoms with Gasteiger partial charge in [-0.3, -0.25) is 9.59 Å². The average Bonchev–Trinajstić information content (AvgIpc) is 3.18. The summed E-state index contributed by atoms with van der Waals surface area (Å²) in [7, 11) is -2.14. The third kappa shape index (κ3) is 4.82. The van der Waals surface area contributed by atoms with Crippen LogP contribution in [0.4, 0.5) is 0 Å². The lowest BCUT2D eigenvalue weighted by atomic mass is 9.93. The predicted octanol–water partition coefficient (Wildman–Crippen LogP) is 5.33. The Bertz CT molecular complexity index is 1110. The van der Waals surface area contributed by atoms with E-state index in [-0.39, 0.29) is 17.6 Å². The Balaban J connectivity index is 1.54. The van der Waals surface area contributed by atoms with Crippen molar-refractivity contribution in [1.82, 2.24) is 5.32 Å². The maximum atomic E-state index is 13.5. The number of amides is 2. The lowest BCUT2D eigenvalue weighted by Gasteiger charge is -2.39. The molecule has 2 amide bonds. The van der Waals surface area contributed by atoms with Crippen molar-refractivity contribution in [3.05, 3.63) is 35.1 Å². The summed E-state index contributed by atoms with van der Waals surface area (Å²) < 4.78 is 12.2. The molecule has 2 aromatic rings. The van der Waals surface area contributed by atoms with Gasteiger partial charge in [0, 0.05) is 5.39 Å². The Morgan fingerprint density at radius 3 is 2.38 bits per heavy atom. The van der Waals surface area contributed by atoms with E-state index in [0.29, 0.717) is 16.9 Å². The van der Waals surface area contributed by atoms with Gasteiger partial charge in [-0.25, -0.2) is 0 Å². The van der Waals surface area contributed by atoms with Gasteiger partial charge in [0.15, 0.2) is 8.32 Å². The topological polar surface area (TPSA) is 94.6 Å². The summed E-state index contributed by atoms with van der Waals surface area (Å²) in [5.74, 6) is 2.18. The molecular weight excluding hydrogens is 444 g/mol. The maximum Gasteiger partial charge on any atom is 0.256 e. The SMILES string of the molecule is Cc1oc2ccc(CC3CC4CC4C3)cc2c1C(=O)N[C@@](C)(CO[Si](C)(C)C(C)(C)C)C(N)=O. The van der Waals surface area contributed by atoms with E-state index >= 15 is 0 Å². The molecule has 186 valence electrons. The molecule has 0 radical (unpaired) electrons. The molecule has 2 aliphatic rings. The highest BCUT2D eigenvalue weighted by molar-refractivity contribution is 6.74. The van der Waals surface area contributed by atoms with Crippen molar-refractivity contribution < 1.29 is 18.4 Å². The highest BCUT2D eigenvalue weighted by atomic mass is 28.4. The van der Waals surface area contributed by atoms with Gasteiger partial charge in [0.25, 0.3) is 5.91 Å². The first-order valence-corrected chi connectivity index (χ1v) is 15.4. The standard InChI is InChI=1S/C27H40N2O4Si/c1-16-23(24(30)29-27(5,25(28)31)15-32-34(6,7)26(2,3)4)21-13-17(8-9-22(21)33-16)10-18-11-19-14-20(19)12-18/h8-9,13,18-20H,10-12,14-15H2,1-7H3,(H2,28,31)(H,29,30)/t18?,19?,20?,27-/m0/s1. The molecule has 2 fully saturated rings. The van der Waals surface area contributed by atoms with Gasteiger partial charge in [-0.05, 0) is 93.1 Å². The second-order valence-corrected chi connectivity index (χ2v) is 17.2. The second kappa shape index (κ2) is 8.52. The smallest absolute Gasteiger partial charge is 0.256 e. The van der Waals surface area contributed by atoms with Gasteiger partial charge in [0.2, 0.25) is 5.91 Å². The lowest BCUT2D eigenvalue weighted by Crippen LogP contribution is -2.60. The van der Waals surface area contributed by atoms with Gasteiger partial charge in [-0.1, -0.05) is 26.8 Å². The van der Waals surface area contributed by atoms with E-state index in [1.54, 1.807) is 13.8 Å². The molecule has 1 aromatic carbocycles. The summed E-state index contributed by atoms with van der Waals surface area (Å²) in [6.45, 7) is 14.1. The van der Waals surface area contributed by atoms with E-state index in [1.807, 2.05) is 6.07 Å². The first kappa shape index (κ1) is 25.0. The summed E-state index contributed by atoms with van der Waals surface area (Å²) in [6.07, 6.45) is 5.10. The number of nitrogens with two attached hydrogens (primary N) is 1. The Hall–Kier alpha value is -2.12. The minimum absolute atomic E-state index is 0.0247. The number of hydrogen-bond donors (Lipinski definition) is 2. The summed E-state index contributed by atoms with van der Waals surface area (Å²) in [5.41, 5.74) is 6.79. The van der Waals surface area contributed by atoms with Crippen molar-refractivity contribution in [3.8, 4) is 0 Å². The number of nitrogens with one attached hydrogen (secondary N) is 1. The molecule has 2 unspecified atom stereocenters. The molecule has 1 heterocycles. The second-order valence-electron chi connectivity index (χ2n) is 12.4. The van der Waals surface area contributed by atoms with Crippen LogP contribution >= 0.6 is 0 Å². The zero-order valence-electron chi connectivity index (χ0n) is 21.7. The van der Waals surface area contributed by atoms with Crippen LogP contribution in [0.3, 0.4) is 0 Å². The first-order chi connectivity index (χ1) is 15.7. The Kier molecular flexibility index (Phi) is 6.26. The largest absolute Gasteiger partial charge is 0.461 e. The van der Waals surface area contributed by atoms with Crippen molar-refractivity contribution in [2.24, 2.45) is 23.5 Å². The molecular formula is C27H40N2O4Si. The molecule has 7 heteroatoms.